The van der Waals surface area contributed by atoms with Gasteiger partial charge in [0.05, 0.1) is 5.25 Å². The van der Waals surface area contributed by atoms with E-state index < -0.39 is 0 Å². The molecule has 5 heteroatoms. The third-order valence-corrected chi connectivity index (χ3v) is 6.94. The van der Waals surface area contributed by atoms with Crippen LogP contribution in [0.3, 0.4) is 0 Å². The van der Waals surface area contributed by atoms with Gasteiger partial charge in [-0.3, -0.25) is 4.79 Å². The van der Waals surface area contributed by atoms with E-state index in [1.54, 1.807) is 23.9 Å². The highest BCUT2D eigenvalue weighted by molar-refractivity contribution is 9.10. The number of ketones is 1. The lowest BCUT2D eigenvalue weighted by molar-refractivity contribution is -0.118. The van der Waals surface area contributed by atoms with Crippen molar-refractivity contribution in [2.45, 2.75) is 30.3 Å². The summed E-state index contributed by atoms with van der Waals surface area (Å²) in [5, 5.41) is 0.400. The topological polar surface area (TPSA) is 17.1 Å². The molecule has 1 heterocycles. The minimum absolute atomic E-state index is 0.0202. The van der Waals surface area contributed by atoms with E-state index in [0.717, 1.165) is 17.9 Å². The second-order valence-electron chi connectivity index (χ2n) is 4.49. The van der Waals surface area contributed by atoms with Gasteiger partial charge in [-0.2, -0.15) is 11.8 Å². The van der Waals surface area contributed by atoms with Crippen LogP contribution in [0.2, 0.25) is 0 Å². The van der Waals surface area contributed by atoms with Crippen molar-refractivity contribution in [1.29, 1.82) is 0 Å². The quantitative estimate of drug-likeness (QED) is 0.793. The molecule has 2 rings (SSSR count). The minimum Gasteiger partial charge on any atom is -0.298 e. The number of Topliss-reactive ketones (excluding diaryl/α,β-unsaturated/α-hetero) is 1. The van der Waals surface area contributed by atoms with Crippen LogP contribution in [0.25, 0.3) is 0 Å². The molecule has 104 valence electrons. The highest BCUT2D eigenvalue weighted by Gasteiger charge is 2.31. The zero-order valence-electron chi connectivity index (χ0n) is 10.7. The number of hydrogen-bond donors (Lipinski definition) is 0. The minimum atomic E-state index is -0.302. The molecule has 2 unspecified atom stereocenters. The first-order valence-electron chi connectivity index (χ1n) is 6.31. The van der Waals surface area contributed by atoms with Gasteiger partial charge in [0.25, 0.3) is 0 Å². The number of hydrogen-bond acceptors (Lipinski definition) is 3. The summed E-state index contributed by atoms with van der Waals surface area (Å²) in [6.45, 7) is 2.12. The molecule has 0 saturated carbocycles. The Morgan fingerprint density at radius 3 is 2.84 bits per heavy atom. The van der Waals surface area contributed by atoms with E-state index in [0.29, 0.717) is 15.3 Å². The summed E-state index contributed by atoms with van der Waals surface area (Å²) in [5.41, 5.74) is 0.499. The Labute approximate surface area is 130 Å². The summed E-state index contributed by atoms with van der Waals surface area (Å²) in [5.74, 6) is 1.98. The molecule has 1 aliphatic rings. The van der Waals surface area contributed by atoms with Crippen molar-refractivity contribution in [2.24, 2.45) is 0 Å². The summed E-state index contributed by atoms with van der Waals surface area (Å²) < 4.78 is 14.5. The molecule has 0 amide bonds. The molecule has 1 nitrogen and oxygen atoms in total. The Kier molecular flexibility index (Phi) is 5.78. The van der Waals surface area contributed by atoms with Gasteiger partial charge in [-0.1, -0.05) is 28.9 Å². The van der Waals surface area contributed by atoms with Gasteiger partial charge in [-0.15, -0.1) is 11.8 Å². The van der Waals surface area contributed by atoms with Crippen LogP contribution in [0.15, 0.2) is 22.7 Å². The molecule has 1 aromatic rings. The normalized spacial score (nSPS) is 23.3. The van der Waals surface area contributed by atoms with Crippen molar-refractivity contribution in [2.75, 3.05) is 11.5 Å². The number of thioether (sulfide) groups is 2. The Bertz CT molecular complexity index is 467. The third-order valence-electron chi connectivity index (χ3n) is 3.15. The average molecular weight is 363 g/mol. The van der Waals surface area contributed by atoms with Gasteiger partial charge >= 0.3 is 0 Å². The standard InChI is InChI=1S/C14H16BrFOS2/c1-2-13-14(19-6-5-18-13)12(17)7-9-3-4-10(15)8-11(9)16/h3-4,8,13-14H,2,5-7H2,1H3. The van der Waals surface area contributed by atoms with E-state index in [1.807, 2.05) is 11.8 Å². The van der Waals surface area contributed by atoms with Crippen LogP contribution in [-0.2, 0) is 11.2 Å². The van der Waals surface area contributed by atoms with Crippen LogP contribution in [0, 0.1) is 5.82 Å². The fourth-order valence-corrected chi connectivity index (χ4v) is 5.52. The Morgan fingerprint density at radius 2 is 2.16 bits per heavy atom. The number of halogens is 2. The molecular weight excluding hydrogens is 347 g/mol. The predicted octanol–water partition coefficient (Wildman–Crippen LogP) is 4.33. The maximum absolute atomic E-state index is 13.8. The largest absolute Gasteiger partial charge is 0.298 e. The Hall–Kier alpha value is -0.000000000000000111. The number of carbonyl (C=O) groups excluding carboxylic acids is 1. The molecule has 2 atom stereocenters. The second kappa shape index (κ2) is 7.14. The summed E-state index contributed by atoms with van der Waals surface area (Å²) >= 11 is 6.83. The molecule has 19 heavy (non-hydrogen) atoms. The van der Waals surface area contributed by atoms with Crippen molar-refractivity contribution < 1.29 is 9.18 Å². The number of carbonyl (C=O) groups is 1. The molecule has 0 aliphatic carbocycles. The maximum atomic E-state index is 13.8. The van der Waals surface area contributed by atoms with Crippen molar-refractivity contribution >= 4 is 45.2 Å². The molecule has 0 bridgehead atoms. The van der Waals surface area contributed by atoms with Crippen LogP contribution >= 0.6 is 39.5 Å². The molecule has 1 saturated heterocycles. The van der Waals surface area contributed by atoms with Gasteiger partial charge in [-0.05, 0) is 24.1 Å². The van der Waals surface area contributed by atoms with Crippen molar-refractivity contribution in [3.8, 4) is 0 Å². The molecular formula is C14H16BrFOS2. The monoisotopic (exact) mass is 362 g/mol. The Morgan fingerprint density at radius 1 is 1.42 bits per heavy atom. The number of rotatable bonds is 4. The SMILES string of the molecule is CCC1SCCSC1C(=O)Cc1ccc(Br)cc1F. The van der Waals surface area contributed by atoms with Crippen LogP contribution in [0.4, 0.5) is 4.39 Å². The van der Waals surface area contributed by atoms with E-state index in [9.17, 15) is 9.18 Å². The Balaban J connectivity index is 2.07. The molecule has 0 N–H and O–H groups in total. The maximum Gasteiger partial charge on any atom is 0.151 e. The molecule has 1 aliphatic heterocycles. The summed E-state index contributed by atoms with van der Waals surface area (Å²) in [7, 11) is 0. The van der Waals surface area contributed by atoms with Crippen molar-refractivity contribution in [3.63, 3.8) is 0 Å². The van der Waals surface area contributed by atoms with Crippen LogP contribution in [0.5, 0.6) is 0 Å². The molecule has 1 aromatic carbocycles. The zero-order valence-corrected chi connectivity index (χ0v) is 13.9. The van der Waals surface area contributed by atoms with E-state index in [2.05, 4.69) is 22.9 Å². The van der Waals surface area contributed by atoms with Gasteiger partial charge in [0.1, 0.15) is 5.82 Å². The lowest BCUT2D eigenvalue weighted by Crippen LogP contribution is -2.33. The first-order chi connectivity index (χ1) is 9.11. The highest BCUT2D eigenvalue weighted by atomic mass is 79.9. The summed E-state index contributed by atoms with van der Waals surface area (Å²) in [6, 6.07) is 4.90. The van der Waals surface area contributed by atoms with Gasteiger partial charge in [0.2, 0.25) is 0 Å². The van der Waals surface area contributed by atoms with E-state index in [1.165, 1.54) is 6.07 Å². The summed E-state index contributed by atoms with van der Waals surface area (Å²) in [6.07, 6.45) is 1.20. The lowest BCUT2D eigenvalue weighted by Gasteiger charge is -2.28. The smallest absolute Gasteiger partial charge is 0.151 e. The molecule has 0 radical (unpaired) electrons. The van der Waals surface area contributed by atoms with E-state index in [4.69, 9.17) is 0 Å². The van der Waals surface area contributed by atoms with Crippen LogP contribution in [-0.4, -0.2) is 27.8 Å². The lowest BCUT2D eigenvalue weighted by atomic mass is 10.0. The van der Waals surface area contributed by atoms with Crippen LogP contribution < -0.4 is 0 Å². The van der Waals surface area contributed by atoms with E-state index in [-0.39, 0.29) is 23.3 Å². The summed E-state index contributed by atoms with van der Waals surface area (Å²) in [4.78, 5) is 12.4. The molecule has 0 spiro atoms. The van der Waals surface area contributed by atoms with E-state index >= 15 is 0 Å². The second-order valence-corrected chi connectivity index (χ2v) is 8.00. The fourth-order valence-electron chi connectivity index (χ4n) is 2.15. The van der Waals surface area contributed by atoms with Crippen molar-refractivity contribution in [3.05, 3.63) is 34.1 Å². The fraction of sp³-hybridized carbons (Fsp3) is 0.500. The van der Waals surface area contributed by atoms with Crippen LogP contribution in [0.1, 0.15) is 18.9 Å². The number of benzene rings is 1. The van der Waals surface area contributed by atoms with Gasteiger partial charge in [-0.25, -0.2) is 4.39 Å². The van der Waals surface area contributed by atoms with Crippen molar-refractivity contribution in [1.82, 2.24) is 0 Å². The first-order valence-corrected chi connectivity index (χ1v) is 9.20. The van der Waals surface area contributed by atoms with Gasteiger partial charge in [0, 0.05) is 27.6 Å². The molecule has 0 aromatic heterocycles. The van der Waals surface area contributed by atoms with Gasteiger partial charge < -0.3 is 0 Å². The third kappa shape index (κ3) is 3.99. The first kappa shape index (κ1) is 15.4. The predicted molar refractivity (Wildman–Crippen MR) is 85.6 cm³/mol. The highest BCUT2D eigenvalue weighted by Crippen LogP contribution is 2.34. The average Bonchev–Trinajstić information content (AvgIpc) is 2.41. The molecule has 1 fully saturated rings. The zero-order chi connectivity index (χ0) is 13.8. The van der Waals surface area contributed by atoms with Gasteiger partial charge in [0.15, 0.2) is 5.78 Å².